The molecule has 5 nitrogen and oxygen atoms in total. The smallest absolute Gasteiger partial charge is 0.412 e. The number of halogens is 2. The summed E-state index contributed by atoms with van der Waals surface area (Å²) < 4.78 is 10.6. The van der Waals surface area contributed by atoms with Crippen molar-refractivity contribution < 1.29 is 13.9 Å². The molecule has 1 aliphatic rings. The molecule has 0 unspecified atom stereocenters. The summed E-state index contributed by atoms with van der Waals surface area (Å²) in [5.74, 6) is 0.115. The number of carbonyl (C=O) groups excluding carboxylic acids is 1. The number of amides is 1. The van der Waals surface area contributed by atoms with Crippen molar-refractivity contribution in [1.29, 1.82) is 0 Å². The maximum absolute atomic E-state index is 12.0. The highest BCUT2D eigenvalue weighted by Crippen LogP contribution is 2.39. The number of ether oxygens (including phenoxy) is 1. The van der Waals surface area contributed by atoms with E-state index >= 15 is 0 Å². The highest BCUT2D eigenvalue weighted by molar-refractivity contribution is 7.17. The van der Waals surface area contributed by atoms with Crippen LogP contribution in [-0.2, 0) is 0 Å². The van der Waals surface area contributed by atoms with Crippen LogP contribution in [0, 0.1) is 0 Å². The molecule has 1 N–H and O–H groups in total. The van der Waals surface area contributed by atoms with E-state index in [1.807, 2.05) is 0 Å². The van der Waals surface area contributed by atoms with Gasteiger partial charge in [-0.3, -0.25) is 0 Å². The molecule has 1 aromatic heterocycles. The van der Waals surface area contributed by atoms with Crippen LogP contribution in [0.5, 0.6) is 5.75 Å². The maximum atomic E-state index is 12.0. The first-order chi connectivity index (χ1) is 10.5. The van der Waals surface area contributed by atoms with Gasteiger partial charge in [-0.2, -0.15) is 0 Å². The molecule has 0 aliphatic heterocycles. The summed E-state index contributed by atoms with van der Waals surface area (Å²) in [4.78, 5) is 22.8. The van der Waals surface area contributed by atoms with Crippen LogP contribution < -0.4 is 15.0 Å². The van der Waals surface area contributed by atoms with Crippen molar-refractivity contribution in [2.45, 2.75) is 38.1 Å². The third-order valence-electron chi connectivity index (χ3n) is 3.60. The van der Waals surface area contributed by atoms with Crippen LogP contribution in [0.15, 0.2) is 15.3 Å². The van der Waals surface area contributed by atoms with E-state index in [0.717, 1.165) is 37.0 Å². The first kappa shape index (κ1) is 15.6. The Morgan fingerprint density at radius 3 is 2.77 bits per heavy atom. The summed E-state index contributed by atoms with van der Waals surface area (Å²) in [7, 11) is 0. The minimum absolute atomic E-state index is 0.115. The summed E-state index contributed by atoms with van der Waals surface area (Å²) in [5, 5.41) is 3.15. The lowest BCUT2D eigenvalue weighted by atomic mass is 9.96. The average molecular weight is 362 g/mol. The Hall–Kier alpha value is -1.24. The Balaban J connectivity index is 1.79. The second-order valence-electron chi connectivity index (χ2n) is 5.15. The van der Waals surface area contributed by atoms with Gasteiger partial charge in [0.1, 0.15) is 9.72 Å². The van der Waals surface area contributed by atoms with Gasteiger partial charge >= 0.3 is 11.0 Å². The Labute approximate surface area is 140 Å². The molecule has 1 fully saturated rings. The van der Waals surface area contributed by atoms with Crippen molar-refractivity contribution in [1.82, 2.24) is 5.32 Å². The molecular weight excluding hydrogens is 349 g/mol. The van der Waals surface area contributed by atoms with E-state index in [9.17, 15) is 9.59 Å². The Morgan fingerprint density at radius 2 is 2.05 bits per heavy atom. The van der Waals surface area contributed by atoms with Crippen molar-refractivity contribution in [2.24, 2.45) is 0 Å². The molecule has 1 heterocycles. The molecule has 1 saturated carbocycles. The van der Waals surface area contributed by atoms with Crippen LogP contribution >= 0.6 is 34.5 Å². The summed E-state index contributed by atoms with van der Waals surface area (Å²) >= 11 is 13.0. The van der Waals surface area contributed by atoms with Gasteiger partial charge in [0.15, 0.2) is 11.3 Å². The number of rotatable bonds is 2. The third kappa shape index (κ3) is 3.24. The molecule has 118 valence electrons. The average Bonchev–Trinajstić information content (AvgIpc) is 2.88. The van der Waals surface area contributed by atoms with Crippen LogP contribution in [-0.4, -0.2) is 12.1 Å². The third-order valence-corrected chi connectivity index (χ3v) is 5.21. The Bertz CT molecular complexity index is 764. The quantitative estimate of drug-likeness (QED) is 0.849. The summed E-state index contributed by atoms with van der Waals surface area (Å²) in [5.41, 5.74) is 0.210. The van der Waals surface area contributed by atoms with E-state index in [2.05, 4.69) is 5.32 Å². The van der Waals surface area contributed by atoms with Gasteiger partial charge in [-0.15, -0.1) is 0 Å². The minimum Gasteiger partial charge on any atom is -0.412 e. The minimum atomic E-state index is -0.569. The highest BCUT2D eigenvalue weighted by atomic mass is 35.5. The van der Waals surface area contributed by atoms with Crippen molar-refractivity contribution in [3.8, 4) is 5.75 Å². The van der Waals surface area contributed by atoms with Crippen LogP contribution in [0.2, 0.25) is 10.0 Å². The van der Waals surface area contributed by atoms with Crippen LogP contribution in [0.1, 0.15) is 32.1 Å². The zero-order valence-electron chi connectivity index (χ0n) is 11.5. The summed E-state index contributed by atoms with van der Waals surface area (Å²) in [6, 6.07) is 1.51. The van der Waals surface area contributed by atoms with E-state index < -0.39 is 11.0 Å². The second-order valence-corrected chi connectivity index (χ2v) is 6.88. The van der Waals surface area contributed by atoms with Crippen molar-refractivity contribution in [3.05, 3.63) is 25.8 Å². The summed E-state index contributed by atoms with van der Waals surface area (Å²) in [6.45, 7) is 0. The Kier molecular flexibility index (Phi) is 4.61. The standard InChI is InChI=1S/C14H13Cl2NO4S/c15-8-6-9(10(16)12-11(8)21-14(19)22-12)20-13(18)17-7-4-2-1-3-5-7/h6-7H,1-5H2,(H,17,18). The van der Waals surface area contributed by atoms with E-state index in [4.69, 9.17) is 32.4 Å². The SMILES string of the molecule is O=C(NC1CCCCC1)Oc1cc(Cl)c2oc(=O)sc2c1Cl. The van der Waals surface area contributed by atoms with Gasteiger partial charge < -0.3 is 14.5 Å². The topological polar surface area (TPSA) is 68.5 Å². The van der Waals surface area contributed by atoms with Gasteiger partial charge in [0.05, 0.1) is 5.02 Å². The molecule has 1 aromatic carbocycles. The number of nitrogens with one attached hydrogen (secondary N) is 1. The van der Waals surface area contributed by atoms with Crippen LogP contribution in [0.25, 0.3) is 10.3 Å². The molecular formula is C14H13Cl2NO4S. The zero-order valence-corrected chi connectivity index (χ0v) is 13.8. The van der Waals surface area contributed by atoms with Gasteiger partial charge in [-0.05, 0) is 24.2 Å². The molecule has 0 atom stereocenters. The lowest BCUT2D eigenvalue weighted by Crippen LogP contribution is -2.38. The van der Waals surface area contributed by atoms with Crippen molar-refractivity contribution in [2.75, 3.05) is 0 Å². The molecule has 1 aliphatic carbocycles. The van der Waals surface area contributed by atoms with Crippen molar-refractivity contribution >= 4 is 50.9 Å². The van der Waals surface area contributed by atoms with Gasteiger partial charge in [-0.25, -0.2) is 9.59 Å². The van der Waals surface area contributed by atoms with E-state index in [0.29, 0.717) is 4.70 Å². The second kappa shape index (κ2) is 6.48. The molecule has 2 aromatic rings. The molecule has 0 radical (unpaired) electrons. The van der Waals surface area contributed by atoms with Crippen molar-refractivity contribution in [3.63, 3.8) is 0 Å². The maximum Gasteiger partial charge on any atom is 0.412 e. The van der Waals surface area contributed by atoms with Gasteiger partial charge in [-0.1, -0.05) is 42.5 Å². The van der Waals surface area contributed by atoms with E-state index in [1.165, 1.54) is 12.5 Å². The molecule has 0 bridgehead atoms. The fourth-order valence-electron chi connectivity index (χ4n) is 2.55. The van der Waals surface area contributed by atoms with Crippen LogP contribution in [0.3, 0.4) is 0 Å². The fraction of sp³-hybridized carbons (Fsp3) is 0.429. The normalized spacial score (nSPS) is 15.9. The van der Waals surface area contributed by atoms with E-state index in [-0.39, 0.29) is 27.4 Å². The van der Waals surface area contributed by atoms with Gasteiger partial charge in [0.25, 0.3) is 0 Å². The number of hydrogen-bond donors (Lipinski definition) is 1. The number of carbonyl (C=O) groups is 1. The Morgan fingerprint density at radius 1 is 1.32 bits per heavy atom. The molecule has 1 amide bonds. The fourth-order valence-corrected chi connectivity index (χ4v) is 3.86. The number of benzene rings is 1. The zero-order chi connectivity index (χ0) is 15.7. The predicted octanol–water partition coefficient (Wildman–Crippen LogP) is 4.58. The van der Waals surface area contributed by atoms with E-state index in [1.54, 1.807) is 0 Å². The molecule has 3 rings (SSSR count). The first-order valence-corrected chi connectivity index (χ1v) is 8.52. The largest absolute Gasteiger partial charge is 0.412 e. The monoisotopic (exact) mass is 361 g/mol. The molecule has 8 heteroatoms. The molecule has 0 saturated heterocycles. The lowest BCUT2D eigenvalue weighted by Gasteiger charge is -2.22. The number of fused-ring (bicyclic) bond motifs is 1. The lowest BCUT2D eigenvalue weighted by molar-refractivity contribution is 0.192. The first-order valence-electron chi connectivity index (χ1n) is 6.94. The molecule has 0 spiro atoms. The van der Waals surface area contributed by atoms with Crippen LogP contribution in [0.4, 0.5) is 4.79 Å². The predicted molar refractivity (Wildman–Crippen MR) is 86.4 cm³/mol. The molecule has 22 heavy (non-hydrogen) atoms. The summed E-state index contributed by atoms with van der Waals surface area (Å²) in [6.07, 6.45) is 4.74. The van der Waals surface area contributed by atoms with Gasteiger partial charge in [0, 0.05) is 12.1 Å². The van der Waals surface area contributed by atoms with Gasteiger partial charge in [0.2, 0.25) is 0 Å². The number of hydrogen-bond acceptors (Lipinski definition) is 5. The highest BCUT2D eigenvalue weighted by Gasteiger charge is 2.20.